The average molecular weight is 365 g/mol. The van der Waals surface area contributed by atoms with Crippen molar-refractivity contribution in [3.63, 3.8) is 0 Å². The van der Waals surface area contributed by atoms with Crippen molar-refractivity contribution in [3.05, 3.63) is 65.4 Å². The van der Waals surface area contributed by atoms with Crippen LogP contribution in [0.15, 0.2) is 59.3 Å². The van der Waals surface area contributed by atoms with E-state index in [1.54, 1.807) is 30.0 Å². The third-order valence-electron chi connectivity index (χ3n) is 5.04. The van der Waals surface area contributed by atoms with Gasteiger partial charge in [0.2, 0.25) is 0 Å². The third kappa shape index (κ3) is 2.72. The van der Waals surface area contributed by atoms with E-state index in [-0.39, 0.29) is 11.3 Å². The molecule has 2 aliphatic heterocycles. The SMILES string of the molecule is CC1(CCOc2ccccc2)C(O)=C2c3cc(C(=O)NO)ccc3N=CN21. The quantitative estimate of drug-likeness (QED) is 0.559. The highest BCUT2D eigenvalue weighted by atomic mass is 16.5. The molecule has 0 saturated carbocycles. The van der Waals surface area contributed by atoms with Crippen LogP contribution in [0.5, 0.6) is 5.75 Å². The summed E-state index contributed by atoms with van der Waals surface area (Å²) in [6, 6.07) is 14.4. The van der Waals surface area contributed by atoms with Gasteiger partial charge >= 0.3 is 0 Å². The van der Waals surface area contributed by atoms with E-state index in [4.69, 9.17) is 9.94 Å². The second-order valence-corrected chi connectivity index (χ2v) is 6.67. The fourth-order valence-electron chi connectivity index (χ4n) is 3.41. The van der Waals surface area contributed by atoms with Crippen molar-refractivity contribution in [1.29, 1.82) is 0 Å². The summed E-state index contributed by atoms with van der Waals surface area (Å²) in [6.45, 7) is 2.35. The Morgan fingerprint density at radius 1 is 1.26 bits per heavy atom. The van der Waals surface area contributed by atoms with Gasteiger partial charge in [-0.2, -0.15) is 0 Å². The molecule has 0 aliphatic carbocycles. The van der Waals surface area contributed by atoms with E-state index in [0.717, 1.165) is 5.75 Å². The molecule has 138 valence electrons. The highest BCUT2D eigenvalue weighted by molar-refractivity contribution is 5.99. The fraction of sp³-hybridized carbons (Fsp3) is 0.200. The zero-order chi connectivity index (χ0) is 19.0. The van der Waals surface area contributed by atoms with Crippen LogP contribution in [-0.4, -0.2) is 39.6 Å². The Hall–Kier alpha value is -3.32. The largest absolute Gasteiger partial charge is 0.508 e. The minimum atomic E-state index is -0.624. The van der Waals surface area contributed by atoms with Gasteiger partial charge < -0.3 is 14.7 Å². The van der Waals surface area contributed by atoms with Gasteiger partial charge in [0, 0.05) is 17.5 Å². The van der Waals surface area contributed by atoms with Crippen LogP contribution in [0, 0.1) is 0 Å². The molecule has 7 heteroatoms. The maximum Gasteiger partial charge on any atom is 0.274 e. The van der Waals surface area contributed by atoms with Crippen LogP contribution < -0.4 is 10.2 Å². The molecule has 2 heterocycles. The van der Waals surface area contributed by atoms with Crippen molar-refractivity contribution in [2.75, 3.05) is 6.61 Å². The van der Waals surface area contributed by atoms with Gasteiger partial charge in [0.05, 0.1) is 24.3 Å². The molecule has 1 amide bonds. The summed E-state index contributed by atoms with van der Waals surface area (Å²) in [4.78, 5) is 18.0. The lowest BCUT2D eigenvalue weighted by Gasteiger charge is -2.51. The number of fused-ring (bicyclic) bond motifs is 3. The monoisotopic (exact) mass is 365 g/mol. The number of hydrogen-bond acceptors (Lipinski definition) is 6. The van der Waals surface area contributed by atoms with Crippen molar-refractivity contribution in [1.82, 2.24) is 10.4 Å². The number of hydroxylamine groups is 1. The Morgan fingerprint density at radius 2 is 2.04 bits per heavy atom. The van der Waals surface area contributed by atoms with Crippen molar-refractivity contribution >= 4 is 23.6 Å². The number of aliphatic hydroxyl groups excluding tert-OH is 1. The van der Waals surface area contributed by atoms with Crippen molar-refractivity contribution < 1.29 is 19.8 Å². The molecular weight excluding hydrogens is 346 g/mol. The maximum atomic E-state index is 11.7. The van der Waals surface area contributed by atoms with Crippen molar-refractivity contribution in [2.45, 2.75) is 18.9 Å². The summed E-state index contributed by atoms with van der Waals surface area (Å²) < 4.78 is 5.75. The summed E-state index contributed by atoms with van der Waals surface area (Å²) in [5.74, 6) is 0.395. The van der Waals surface area contributed by atoms with Crippen molar-refractivity contribution in [2.24, 2.45) is 4.99 Å². The Balaban J connectivity index is 1.57. The number of hydrogen-bond donors (Lipinski definition) is 3. The number of rotatable bonds is 5. The molecule has 1 atom stereocenters. The third-order valence-corrected chi connectivity index (χ3v) is 5.04. The molecule has 0 aromatic heterocycles. The Kier molecular flexibility index (Phi) is 4.08. The molecule has 27 heavy (non-hydrogen) atoms. The zero-order valence-electron chi connectivity index (χ0n) is 14.7. The number of carbonyl (C=O) groups excluding carboxylic acids is 1. The summed E-state index contributed by atoms with van der Waals surface area (Å²) in [5, 5.41) is 19.6. The lowest BCUT2D eigenvalue weighted by Crippen LogP contribution is -2.56. The van der Waals surface area contributed by atoms with Gasteiger partial charge in [-0.1, -0.05) is 18.2 Å². The van der Waals surface area contributed by atoms with E-state index in [2.05, 4.69) is 4.99 Å². The molecule has 3 N–H and O–H groups in total. The first-order valence-electron chi connectivity index (χ1n) is 8.58. The number of amides is 1. The number of aliphatic imine (C=N–C) groups is 1. The molecule has 0 bridgehead atoms. The number of benzene rings is 2. The number of nitrogens with one attached hydrogen (secondary N) is 1. The van der Waals surface area contributed by atoms with E-state index in [0.29, 0.717) is 30.0 Å². The highest BCUT2D eigenvalue weighted by Crippen LogP contribution is 2.50. The first-order valence-corrected chi connectivity index (χ1v) is 8.58. The standard InChI is InChI=1S/C20H19N3O4/c1-20(9-10-27-14-5-3-2-4-6-14)18(24)17-15-11-13(19(25)22-26)7-8-16(15)21-12-23(17)20/h2-8,11-12,24,26H,9-10H2,1H3,(H,22,25). The van der Waals surface area contributed by atoms with Crippen LogP contribution in [-0.2, 0) is 0 Å². The fourth-order valence-corrected chi connectivity index (χ4v) is 3.41. The maximum absolute atomic E-state index is 11.7. The van der Waals surface area contributed by atoms with E-state index >= 15 is 0 Å². The number of para-hydroxylation sites is 1. The Labute approximate surface area is 156 Å². The molecule has 0 saturated heterocycles. The van der Waals surface area contributed by atoms with Gasteiger partial charge in [-0.25, -0.2) is 10.5 Å². The van der Waals surface area contributed by atoms with Crippen LogP contribution in [0.2, 0.25) is 0 Å². The molecule has 1 unspecified atom stereocenters. The van der Waals surface area contributed by atoms with Gasteiger partial charge in [0.25, 0.3) is 5.91 Å². The summed E-state index contributed by atoms with van der Waals surface area (Å²) >= 11 is 0. The summed E-state index contributed by atoms with van der Waals surface area (Å²) in [7, 11) is 0. The average Bonchev–Trinajstić information content (AvgIpc) is 2.72. The van der Waals surface area contributed by atoms with E-state index in [1.807, 2.05) is 42.2 Å². The Morgan fingerprint density at radius 3 is 2.78 bits per heavy atom. The summed E-state index contributed by atoms with van der Waals surface area (Å²) in [5.41, 5.74) is 3.21. The smallest absolute Gasteiger partial charge is 0.274 e. The number of aliphatic hydroxyl groups is 1. The highest BCUT2D eigenvalue weighted by Gasteiger charge is 2.50. The van der Waals surface area contributed by atoms with E-state index in [1.165, 1.54) is 0 Å². The minimum Gasteiger partial charge on any atom is -0.508 e. The molecule has 0 spiro atoms. The van der Waals surface area contributed by atoms with Gasteiger partial charge in [0.1, 0.15) is 17.0 Å². The molecule has 4 rings (SSSR count). The molecule has 2 aliphatic rings. The van der Waals surface area contributed by atoms with Crippen molar-refractivity contribution in [3.8, 4) is 5.75 Å². The van der Waals surface area contributed by atoms with Gasteiger partial charge in [-0.15, -0.1) is 0 Å². The Bertz CT molecular complexity index is 955. The van der Waals surface area contributed by atoms with Crippen LogP contribution in [0.3, 0.4) is 0 Å². The van der Waals surface area contributed by atoms with E-state index in [9.17, 15) is 9.90 Å². The lowest BCUT2D eigenvalue weighted by atomic mass is 9.81. The second kappa shape index (κ2) is 6.44. The number of carbonyl (C=O) groups is 1. The molecule has 0 fully saturated rings. The topological polar surface area (TPSA) is 94.4 Å². The predicted molar refractivity (Wildman–Crippen MR) is 100 cm³/mol. The summed E-state index contributed by atoms with van der Waals surface area (Å²) in [6.07, 6.45) is 2.25. The van der Waals surface area contributed by atoms with Gasteiger partial charge in [-0.05, 0) is 37.3 Å². The van der Waals surface area contributed by atoms with Gasteiger partial charge in [0.15, 0.2) is 0 Å². The van der Waals surface area contributed by atoms with E-state index < -0.39 is 11.4 Å². The molecule has 7 nitrogen and oxygen atoms in total. The zero-order valence-corrected chi connectivity index (χ0v) is 14.7. The van der Waals surface area contributed by atoms with Gasteiger partial charge in [-0.3, -0.25) is 10.0 Å². The number of ether oxygens (including phenoxy) is 1. The normalized spacial score (nSPS) is 19.9. The van der Waals surface area contributed by atoms with Crippen LogP contribution in [0.1, 0.15) is 29.3 Å². The molecule has 2 aromatic rings. The van der Waals surface area contributed by atoms with Crippen LogP contribution >= 0.6 is 0 Å². The number of nitrogens with zero attached hydrogens (tertiary/aromatic N) is 2. The minimum absolute atomic E-state index is 0.230. The van der Waals surface area contributed by atoms with Crippen LogP contribution in [0.4, 0.5) is 5.69 Å². The first kappa shape index (κ1) is 17.1. The predicted octanol–water partition coefficient (Wildman–Crippen LogP) is 3.25. The van der Waals surface area contributed by atoms with Crippen LogP contribution in [0.25, 0.3) is 5.70 Å². The molecular formula is C20H19N3O4. The second-order valence-electron chi connectivity index (χ2n) is 6.67. The lowest BCUT2D eigenvalue weighted by molar-refractivity contribution is 0.0706. The molecule has 2 aromatic carbocycles. The molecule has 0 radical (unpaired) electrons. The first-order chi connectivity index (χ1) is 13.0.